The van der Waals surface area contributed by atoms with E-state index in [9.17, 15) is 0 Å². The van der Waals surface area contributed by atoms with E-state index in [1.54, 1.807) is 0 Å². The molecule has 0 aliphatic carbocycles. The average molecular weight is 242 g/mol. The Balaban J connectivity index is 2.32. The average Bonchev–Trinajstić information content (AvgIpc) is 2.91. The number of nitrogens with zero attached hydrogens (tertiary/aromatic N) is 3. The number of aromatic nitrogens is 3. The van der Waals surface area contributed by atoms with Gasteiger partial charge in [0.1, 0.15) is 11.4 Å². The van der Waals surface area contributed by atoms with Crippen LogP contribution >= 0.6 is 0 Å². The molecule has 0 saturated heterocycles. The standard InChI is InChI=1S/C13H14N4O/c1-3-8-12(16-18-13(8)14)11-9-6-4-5-7-10(9)17(2)15-11/h4-7H,3,14H2,1-2H3. The quantitative estimate of drug-likeness (QED) is 0.749. The van der Waals surface area contributed by atoms with Crippen molar-refractivity contribution in [2.75, 3.05) is 5.73 Å². The highest BCUT2D eigenvalue weighted by molar-refractivity contribution is 5.93. The Labute approximate surface area is 104 Å². The molecule has 18 heavy (non-hydrogen) atoms. The minimum absolute atomic E-state index is 0.377. The highest BCUT2D eigenvalue weighted by Gasteiger charge is 2.19. The summed E-state index contributed by atoms with van der Waals surface area (Å²) in [7, 11) is 1.92. The van der Waals surface area contributed by atoms with Gasteiger partial charge < -0.3 is 10.3 Å². The van der Waals surface area contributed by atoms with E-state index in [1.807, 2.05) is 42.9 Å². The largest absolute Gasteiger partial charge is 0.367 e. The number of hydrogen-bond acceptors (Lipinski definition) is 4. The Hall–Kier alpha value is -2.30. The summed E-state index contributed by atoms with van der Waals surface area (Å²) in [4.78, 5) is 0. The summed E-state index contributed by atoms with van der Waals surface area (Å²) in [5, 5.41) is 9.62. The molecule has 0 unspecified atom stereocenters. The molecule has 0 saturated carbocycles. The highest BCUT2D eigenvalue weighted by Crippen LogP contribution is 2.31. The highest BCUT2D eigenvalue weighted by atomic mass is 16.5. The number of nitrogen functional groups attached to an aromatic ring is 1. The Morgan fingerprint density at radius 3 is 2.83 bits per heavy atom. The van der Waals surface area contributed by atoms with Crippen LogP contribution in [0.25, 0.3) is 22.3 Å². The van der Waals surface area contributed by atoms with Crippen molar-refractivity contribution in [1.82, 2.24) is 14.9 Å². The van der Waals surface area contributed by atoms with E-state index in [0.717, 1.165) is 34.3 Å². The zero-order valence-electron chi connectivity index (χ0n) is 10.3. The summed E-state index contributed by atoms with van der Waals surface area (Å²) in [5.41, 5.74) is 9.32. The molecule has 0 radical (unpaired) electrons. The van der Waals surface area contributed by atoms with Crippen LogP contribution in [0.5, 0.6) is 0 Å². The van der Waals surface area contributed by atoms with Crippen molar-refractivity contribution >= 4 is 16.8 Å². The third kappa shape index (κ3) is 1.40. The molecule has 0 fully saturated rings. The second-order valence-corrected chi connectivity index (χ2v) is 4.22. The van der Waals surface area contributed by atoms with Gasteiger partial charge in [-0.2, -0.15) is 5.10 Å². The number of rotatable bonds is 2. The van der Waals surface area contributed by atoms with E-state index in [0.29, 0.717) is 5.88 Å². The summed E-state index contributed by atoms with van der Waals surface area (Å²) >= 11 is 0. The van der Waals surface area contributed by atoms with Gasteiger partial charge >= 0.3 is 0 Å². The molecule has 3 rings (SSSR count). The fraction of sp³-hybridized carbons (Fsp3) is 0.231. The monoisotopic (exact) mass is 242 g/mol. The van der Waals surface area contributed by atoms with Crippen LogP contribution in [-0.2, 0) is 13.5 Å². The molecule has 0 aliphatic rings. The zero-order valence-corrected chi connectivity index (χ0v) is 10.3. The maximum atomic E-state index is 5.78. The predicted octanol–water partition coefficient (Wildman–Crippen LogP) is 2.37. The number of para-hydroxylation sites is 1. The number of fused-ring (bicyclic) bond motifs is 1. The Kier molecular flexibility index (Phi) is 2.33. The topological polar surface area (TPSA) is 69.9 Å². The van der Waals surface area contributed by atoms with Crippen molar-refractivity contribution in [3.05, 3.63) is 29.8 Å². The molecule has 92 valence electrons. The molecule has 0 spiro atoms. The minimum Gasteiger partial charge on any atom is -0.367 e. The summed E-state index contributed by atoms with van der Waals surface area (Å²) in [5.74, 6) is 0.377. The molecule has 2 aromatic heterocycles. The van der Waals surface area contributed by atoms with Crippen LogP contribution in [-0.4, -0.2) is 14.9 Å². The second-order valence-electron chi connectivity index (χ2n) is 4.22. The molecule has 0 atom stereocenters. The number of benzene rings is 1. The molecule has 0 bridgehead atoms. The zero-order chi connectivity index (χ0) is 12.7. The maximum absolute atomic E-state index is 5.78. The second kappa shape index (κ2) is 3.87. The van der Waals surface area contributed by atoms with Crippen molar-refractivity contribution in [2.24, 2.45) is 7.05 Å². The molecular formula is C13H14N4O. The number of anilines is 1. The third-order valence-corrected chi connectivity index (χ3v) is 3.15. The predicted molar refractivity (Wildman–Crippen MR) is 70.0 cm³/mol. The van der Waals surface area contributed by atoms with Crippen LogP contribution in [0.4, 0.5) is 5.88 Å². The van der Waals surface area contributed by atoms with E-state index in [1.165, 1.54) is 0 Å². The lowest BCUT2D eigenvalue weighted by molar-refractivity contribution is 0.438. The normalized spacial score (nSPS) is 11.2. The molecule has 5 heteroatoms. The molecule has 2 N–H and O–H groups in total. The number of hydrogen-bond donors (Lipinski definition) is 1. The van der Waals surface area contributed by atoms with E-state index in [4.69, 9.17) is 10.3 Å². The summed E-state index contributed by atoms with van der Waals surface area (Å²) in [6.07, 6.45) is 0.773. The molecule has 0 amide bonds. The lowest BCUT2D eigenvalue weighted by Crippen LogP contribution is -1.92. The fourth-order valence-corrected chi connectivity index (χ4v) is 2.24. The Bertz CT molecular complexity index is 711. The van der Waals surface area contributed by atoms with Crippen molar-refractivity contribution < 1.29 is 4.52 Å². The first-order valence-corrected chi connectivity index (χ1v) is 5.88. The first kappa shape index (κ1) is 10.8. The van der Waals surface area contributed by atoms with Gasteiger partial charge in [-0.3, -0.25) is 4.68 Å². The van der Waals surface area contributed by atoms with Crippen LogP contribution in [0, 0.1) is 0 Å². The smallest absolute Gasteiger partial charge is 0.225 e. The Morgan fingerprint density at radius 2 is 2.06 bits per heavy atom. The van der Waals surface area contributed by atoms with Crippen molar-refractivity contribution in [3.8, 4) is 11.4 Å². The molecule has 2 heterocycles. The van der Waals surface area contributed by atoms with Gasteiger partial charge in [0.05, 0.1) is 5.52 Å². The van der Waals surface area contributed by atoms with Gasteiger partial charge in [-0.05, 0) is 12.5 Å². The van der Waals surface area contributed by atoms with E-state index in [2.05, 4.69) is 10.3 Å². The van der Waals surface area contributed by atoms with Gasteiger partial charge in [0, 0.05) is 18.0 Å². The van der Waals surface area contributed by atoms with Gasteiger partial charge in [-0.15, -0.1) is 0 Å². The molecule has 0 aliphatic heterocycles. The van der Waals surface area contributed by atoms with Gasteiger partial charge in [0.25, 0.3) is 0 Å². The number of nitrogens with two attached hydrogens (primary N) is 1. The molecular weight excluding hydrogens is 228 g/mol. The summed E-state index contributed by atoms with van der Waals surface area (Å²) in [6, 6.07) is 8.04. The van der Waals surface area contributed by atoms with Gasteiger partial charge in [0.2, 0.25) is 5.88 Å². The fourth-order valence-electron chi connectivity index (χ4n) is 2.24. The van der Waals surface area contributed by atoms with E-state index >= 15 is 0 Å². The van der Waals surface area contributed by atoms with E-state index in [-0.39, 0.29) is 0 Å². The van der Waals surface area contributed by atoms with E-state index < -0.39 is 0 Å². The lowest BCUT2D eigenvalue weighted by Gasteiger charge is -1.95. The van der Waals surface area contributed by atoms with Gasteiger partial charge in [-0.1, -0.05) is 30.3 Å². The minimum atomic E-state index is 0.377. The van der Waals surface area contributed by atoms with Crippen molar-refractivity contribution in [2.45, 2.75) is 13.3 Å². The van der Waals surface area contributed by atoms with Gasteiger partial charge in [0.15, 0.2) is 0 Å². The van der Waals surface area contributed by atoms with Gasteiger partial charge in [-0.25, -0.2) is 0 Å². The van der Waals surface area contributed by atoms with Crippen LogP contribution in [0.15, 0.2) is 28.8 Å². The molecule has 1 aromatic carbocycles. The Morgan fingerprint density at radius 1 is 1.28 bits per heavy atom. The van der Waals surface area contributed by atoms with Crippen LogP contribution in [0.1, 0.15) is 12.5 Å². The number of aryl methyl sites for hydroxylation is 1. The molecule has 3 aromatic rings. The van der Waals surface area contributed by atoms with Crippen LogP contribution < -0.4 is 5.73 Å². The summed E-state index contributed by atoms with van der Waals surface area (Å²) in [6.45, 7) is 2.03. The third-order valence-electron chi connectivity index (χ3n) is 3.15. The van der Waals surface area contributed by atoms with Crippen LogP contribution in [0.2, 0.25) is 0 Å². The first-order chi connectivity index (χ1) is 8.72. The van der Waals surface area contributed by atoms with Crippen molar-refractivity contribution in [1.29, 1.82) is 0 Å². The molecule has 5 nitrogen and oxygen atoms in total. The van der Waals surface area contributed by atoms with Crippen LogP contribution in [0.3, 0.4) is 0 Å². The van der Waals surface area contributed by atoms with Crippen molar-refractivity contribution in [3.63, 3.8) is 0 Å². The summed E-state index contributed by atoms with van der Waals surface area (Å²) < 4.78 is 6.92. The first-order valence-electron chi connectivity index (χ1n) is 5.88. The lowest BCUT2D eigenvalue weighted by atomic mass is 10.1. The SMILES string of the molecule is CCc1c(-c2nn(C)c3ccccc23)noc1N. The maximum Gasteiger partial charge on any atom is 0.225 e.